The number of anilines is 1. The fraction of sp³-hybridized carbons (Fsp3) is 0.0714. The van der Waals surface area contributed by atoms with Gasteiger partial charge in [-0.05, 0) is 30.3 Å². The second-order valence-corrected chi connectivity index (χ2v) is 4.18. The molecule has 0 spiro atoms. The predicted molar refractivity (Wildman–Crippen MR) is 76.0 cm³/mol. The van der Waals surface area contributed by atoms with Gasteiger partial charge in [-0.15, -0.1) is 0 Å². The third-order valence-electron chi connectivity index (χ3n) is 2.86. The van der Waals surface area contributed by atoms with Crippen molar-refractivity contribution in [2.45, 2.75) is 0 Å². The van der Waals surface area contributed by atoms with E-state index in [-0.39, 0.29) is 0 Å². The van der Waals surface area contributed by atoms with Crippen LogP contribution in [0.5, 0.6) is 5.75 Å². The van der Waals surface area contributed by atoms with E-state index in [1.807, 2.05) is 18.2 Å². The summed E-state index contributed by atoms with van der Waals surface area (Å²) in [5, 5.41) is 7.07. The molecule has 6 nitrogen and oxygen atoms in total. The van der Waals surface area contributed by atoms with Crippen molar-refractivity contribution in [2.24, 2.45) is 0 Å². The van der Waals surface area contributed by atoms with Crippen molar-refractivity contribution < 1.29 is 4.74 Å². The van der Waals surface area contributed by atoms with Crippen molar-refractivity contribution in [3.05, 3.63) is 42.6 Å². The Morgan fingerprint density at radius 2 is 2.10 bits per heavy atom. The van der Waals surface area contributed by atoms with Crippen LogP contribution in [-0.2, 0) is 0 Å². The number of nitrogens with one attached hydrogen (secondary N) is 1. The lowest BCUT2D eigenvalue weighted by molar-refractivity contribution is 0.416. The zero-order chi connectivity index (χ0) is 13.9. The molecule has 0 aliphatic heterocycles. The maximum absolute atomic E-state index is 5.80. The van der Waals surface area contributed by atoms with Gasteiger partial charge in [0.05, 0.1) is 12.7 Å². The number of aromatic nitrogens is 4. The number of ether oxygens (including phenoxy) is 1. The number of nitrogens with two attached hydrogens (primary N) is 1. The SMILES string of the molecule is COc1ccc(N)cc1-c1n[nH]c(-c2ccccn2)n1. The fourth-order valence-corrected chi connectivity index (χ4v) is 1.90. The largest absolute Gasteiger partial charge is 0.496 e. The van der Waals surface area contributed by atoms with Crippen LogP contribution in [0.25, 0.3) is 22.9 Å². The van der Waals surface area contributed by atoms with Gasteiger partial charge in [-0.2, -0.15) is 5.10 Å². The van der Waals surface area contributed by atoms with Crippen LogP contribution in [0.4, 0.5) is 5.69 Å². The summed E-state index contributed by atoms with van der Waals surface area (Å²) in [6.07, 6.45) is 1.71. The standard InChI is InChI=1S/C14H13N5O/c1-20-12-6-5-9(15)8-10(12)13-17-14(19-18-13)11-4-2-3-7-16-11/h2-8H,15H2,1H3,(H,17,18,19). The molecule has 0 saturated heterocycles. The Morgan fingerprint density at radius 1 is 1.20 bits per heavy atom. The van der Waals surface area contributed by atoms with Crippen molar-refractivity contribution in [1.82, 2.24) is 20.2 Å². The third kappa shape index (κ3) is 2.18. The van der Waals surface area contributed by atoms with Gasteiger partial charge in [0.2, 0.25) is 0 Å². The molecule has 3 N–H and O–H groups in total. The van der Waals surface area contributed by atoms with Crippen LogP contribution in [0.15, 0.2) is 42.6 Å². The highest BCUT2D eigenvalue weighted by molar-refractivity contribution is 5.70. The molecule has 0 amide bonds. The van der Waals surface area contributed by atoms with Crippen LogP contribution in [0.2, 0.25) is 0 Å². The number of hydrogen-bond donors (Lipinski definition) is 2. The van der Waals surface area contributed by atoms with Gasteiger partial charge in [0.1, 0.15) is 11.4 Å². The van der Waals surface area contributed by atoms with Crippen LogP contribution in [0.3, 0.4) is 0 Å². The average Bonchev–Trinajstić information content (AvgIpc) is 2.98. The number of rotatable bonds is 3. The maximum atomic E-state index is 5.80. The van der Waals surface area contributed by atoms with E-state index in [0.29, 0.717) is 23.1 Å². The summed E-state index contributed by atoms with van der Waals surface area (Å²) in [6, 6.07) is 11.0. The van der Waals surface area contributed by atoms with Gasteiger partial charge in [0, 0.05) is 11.9 Å². The van der Waals surface area contributed by atoms with Gasteiger partial charge in [0.25, 0.3) is 0 Å². The topological polar surface area (TPSA) is 89.7 Å². The zero-order valence-electron chi connectivity index (χ0n) is 10.9. The number of aromatic amines is 1. The van der Waals surface area contributed by atoms with Crippen LogP contribution < -0.4 is 10.5 Å². The highest BCUT2D eigenvalue weighted by Crippen LogP contribution is 2.30. The Hall–Kier alpha value is -2.89. The Bertz CT molecular complexity index is 723. The van der Waals surface area contributed by atoms with Gasteiger partial charge in [-0.3, -0.25) is 10.1 Å². The molecule has 6 heteroatoms. The van der Waals surface area contributed by atoms with Crippen LogP contribution in [0.1, 0.15) is 0 Å². The number of benzene rings is 1. The molecule has 0 unspecified atom stereocenters. The van der Waals surface area contributed by atoms with Gasteiger partial charge in [0.15, 0.2) is 11.6 Å². The first-order chi connectivity index (χ1) is 9.78. The molecule has 20 heavy (non-hydrogen) atoms. The molecule has 1 aromatic carbocycles. The van der Waals surface area contributed by atoms with E-state index in [1.165, 1.54) is 0 Å². The molecule has 0 aliphatic rings. The number of nitrogen functional groups attached to an aromatic ring is 1. The molecule has 0 fully saturated rings. The third-order valence-corrected chi connectivity index (χ3v) is 2.86. The monoisotopic (exact) mass is 267 g/mol. The summed E-state index contributed by atoms with van der Waals surface area (Å²) in [4.78, 5) is 8.66. The second kappa shape index (κ2) is 5.00. The number of nitrogens with zero attached hydrogens (tertiary/aromatic N) is 3. The molecule has 3 rings (SSSR count). The first-order valence-electron chi connectivity index (χ1n) is 6.05. The minimum Gasteiger partial charge on any atom is -0.496 e. The number of H-pyrrole nitrogens is 1. The molecule has 2 heterocycles. The van der Waals surface area contributed by atoms with Crippen molar-refractivity contribution in [3.63, 3.8) is 0 Å². The van der Waals surface area contributed by atoms with Crippen molar-refractivity contribution in [1.29, 1.82) is 0 Å². The molecule has 0 bridgehead atoms. The maximum Gasteiger partial charge on any atom is 0.185 e. The summed E-state index contributed by atoms with van der Waals surface area (Å²) in [6.45, 7) is 0. The Balaban J connectivity index is 2.04. The molecular formula is C14H13N5O. The summed E-state index contributed by atoms with van der Waals surface area (Å²) >= 11 is 0. The molecule has 100 valence electrons. The summed E-state index contributed by atoms with van der Waals surface area (Å²) in [7, 11) is 1.60. The molecular weight excluding hydrogens is 254 g/mol. The van der Waals surface area contributed by atoms with E-state index < -0.39 is 0 Å². The molecule has 0 atom stereocenters. The molecule has 0 aliphatic carbocycles. The average molecular weight is 267 g/mol. The van der Waals surface area contributed by atoms with Crippen molar-refractivity contribution in [3.8, 4) is 28.7 Å². The van der Waals surface area contributed by atoms with Gasteiger partial charge < -0.3 is 10.5 Å². The summed E-state index contributed by atoms with van der Waals surface area (Å²) < 4.78 is 5.30. The van der Waals surface area contributed by atoms with Crippen molar-refractivity contribution >= 4 is 5.69 Å². The minimum absolute atomic E-state index is 0.523. The normalized spacial score (nSPS) is 10.4. The predicted octanol–water partition coefficient (Wildman–Crippen LogP) is 2.12. The molecule has 2 aromatic heterocycles. The van der Waals surface area contributed by atoms with E-state index in [1.54, 1.807) is 31.5 Å². The fourth-order valence-electron chi connectivity index (χ4n) is 1.90. The Kier molecular flexibility index (Phi) is 3.04. The van der Waals surface area contributed by atoms with E-state index in [2.05, 4.69) is 20.2 Å². The molecule has 0 saturated carbocycles. The van der Waals surface area contributed by atoms with Crippen LogP contribution in [-0.4, -0.2) is 27.3 Å². The van der Waals surface area contributed by atoms with Gasteiger partial charge in [-0.1, -0.05) is 6.07 Å². The van der Waals surface area contributed by atoms with Gasteiger partial charge in [-0.25, -0.2) is 4.98 Å². The van der Waals surface area contributed by atoms with E-state index in [0.717, 1.165) is 11.3 Å². The zero-order valence-corrected chi connectivity index (χ0v) is 10.9. The molecule has 3 aromatic rings. The lowest BCUT2D eigenvalue weighted by Gasteiger charge is -2.05. The highest BCUT2D eigenvalue weighted by atomic mass is 16.5. The van der Waals surface area contributed by atoms with Crippen LogP contribution in [0, 0.1) is 0 Å². The van der Waals surface area contributed by atoms with Crippen LogP contribution >= 0.6 is 0 Å². The van der Waals surface area contributed by atoms with E-state index in [4.69, 9.17) is 10.5 Å². The highest BCUT2D eigenvalue weighted by Gasteiger charge is 2.13. The number of hydrogen-bond acceptors (Lipinski definition) is 5. The minimum atomic E-state index is 0.523. The van der Waals surface area contributed by atoms with Gasteiger partial charge >= 0.3 is 0 Å². The Morgan fingerprint density at radius 3 is 2.85 bits per heavy atom. The second-order valence-electron chi connectivity index (χ2n) is 4.18. The summed E-state index contributed by atoms with van der Waals surface area (Å²) in [5.74, 6) is 1.80. The lowest BCUT2D eigenvalue weighted by atomic mass is 10.1. The Labute approximate surface area is 115 Å². The number of pyridine rings is 1. The summed E-state index contributed by atoms with van der Waals surface area (Å²) in [5.41, 5.74) is 7.91. The van der Waals surface area contributed by atoms with E-state index >= 15 is 0 Å². The first kappa shape index (κ1) is 12.2. The lowest BCUT2D eigenvalue weighted by Crippen LogP contribution is -1.92. The number of methoxy groups -OCH3 is 1. The van der Waals surface area contributed by atoms with Crippen molar-refractivity contribution in [2.75, 3.05) is 12.8 Å². The first-order valence-corrected chi connectivity index (χ1v) is 6.05. The quantitative estimate of drug-likeness (QED) is 0.709. The molecule has 0 radical (unpaired) electrons. The smallest absolute Gasteiger partial charge is 0.185 e. The van der Waals surface area contributed by atoms with E-state index in [9.17, 15) is 0 Å².